The van der Waals surface area contributed by atoms with Gasteiger partial charge in [0.15, 0.2) is 0 Å². The molecule has 1 aromatic carbocycles. The summed E-state index contributed by atoms with van der Waals surface area (Å²) in [6.07, 6.45) is 1.99. The zero-order chi connectivity index (χ0) is 16.5. The molecule has 0 unspecified atom stereocenters. The molecule has 0 spiro atoms. The lowest BCUT2D eigenvalue weighted by atomic mass is 9.77. The first-order chi connectivity index (χ1) is 10.2. The maximum atomic E-state index is 6.12. The SMILES string of the molecule is CNCC(=Cc1cc(Cl)ccc1N)B1OC(C)(C)C(C)(C)O1. The van der Waals surface area contributed by atoms with Gasteiger partial charge < -0.3 is 20.4 Å². The van der Waals surface area contributed by atoms with E-state index in [1.54, 1.807) is 12.1 Å². The van der Waals surface area contributed by atoms with E-state index in [2.05, 4.69) is 5.32 Å². The van der Waals surface area contributed by atoms with Crippen LogP contribution in [0.2, 0.25) is 5.02 Å². The maximum absolute atomic E-state index is 6.12. The molecule has 1 aliphatic heterocycles. The Morgan fingerprint density at radius 2 is 1.86 bits per heavy atom. The molecule has 1 aliphatic rings. The summed E-state index contributed by atoms with van der Waals surface area (Å²) in [4.78, 5) is 0. The van der Waals surface area contributed by atoms with Crippen molar-refractivity contribution >= 4 is 30.5 Å². The van der Waals surface area contributed by atoms with Gasteiger partial charge in [0.25, 0.3) is 0 Å². The molecular weight excluding hydrogens is 298 g/mol. The van der Waals surface area contributed by atoms with Crippen LogP contribution in [0.1, 0.15) is 33.3 Å². The molecule has 1 fully saturated rings. The lowest BCUT2D eigenvalue weighted by Gasteiger charge is -2.32. The molecule has 0 radical (unpaired) electrons. The number of hydrogen-bond acceptors (Lipinski definition) is 4. The van der Waals surface area contributed by atoms with Crippen molar-refractivity contribution < 1.29 is 9.31 Å². The Kier molecular flexibility index (Phi) is 4.92. The van der Waals surface area contributed by atoms with E-state index in [-0.39, 0.29) is 11.2 Å². The van der Waals surface area contributed by atoms with Gasteiger partial charge in [-0.2, -0.15) is 0 Å². The molecule has 22 heavy (non-hydrogen) atoms. The molecule has 4 nitrogen and oxygen atoms in total. The third-order valence-corrected chi connectivity index (χ3v) is 4.56. The minimum absolute atomic E-state index is 0.371. The van der Waals surface area contributed by atoms with Gasteiger partial charge in [0, 0.05) is 17.3 Å². The van der Waals surface area contributed by atoms with Gasteiger partial charge in [-0.3, -0.25) is 0 Å². The van der Waals surface area contributed by atoms with Crippen LogP contribution >= 0.6 is 11.6 Å². The third kappa shape index (κ3) is 3.49. The number of halogens is 1. The van der Waals surface area contributed by atoms with E-state index < -0.39 is 7.12 Å². The second-order valence-electron chi connectivity index (χ2n) is 6.61. The summed E-state index contributed by atoms with van der Waals surface area (Å²) >= 11 is 6.06. The fourth-order valence-electron chi connectivity index (χ4n) is 2.27. The maximum Gasteiger partial charge on any atom is 0.491 e. The van der Waals surface area contributed by atoms with Crippen molar-refractivity contribution in [2.45, 2.75) is 38.9 Å². The number of benzene rings is 1. The van der Waals surface area contributed by atoms with Crippen LogP contribution in [0, 0.1) is 0 Å². The van der Waals surface area contributed by atoms with Gasteiger partial charge in [-0.15, -0.1) is 0 Å². The van der Waals surface area contributed by atoms with E-state index in [1.807, 2.05) is 46.9 Å². The highest BCUT2D eigenvalue weighted by atomic mass is 35.5. The number of likely N-dealkylation sites (N-methyl/N-ethyl adjacent to an activating group) is 1. The fraction of sp³-hybridized carbons (Fsp3) is 0.500. The van der Waals surface area contributed by atoms with Crippen molar-refractivity contribution in [1.29, 1.82) is 0 Å². The lowest BCUT2D eigenvalue weighted by Crippen LogP contribution is -2.41. The summed E-state index contributed by atoms with van der Waals surface area (Å²) in [5.74, 6) is 0. The smallest absolute Gasteiger partial charge is 0.400 e. The molecule has 0 aliphatic carbocycles. The molecule has 0 aromatic heterocycles. The molecule has 1 aromatic rings. The minimum atomic E-state index is -0.407. The van der Waals surface area contributed by atoms with Gasteiger partial charge in [0.2, 0.25) is 0 Å². The highest BCUT2D eigenvalue weighted by Gasteiger charge is 2.52. The quantitative estimate of drug-likeness (QED) is 0.660. The molecule has 6 heteroatoms. The number of nitrogen functional groups attached to an aromatic ring is 1. The lowest BCUT2D eigenvalue weighted by molar-refractivity contribution is 0.00578. The third-order valence-electron chi connectivity index (χ3n) is 4.33. The number of nitrogens with one attached hydrogen (secondary N) is 1. The van der Waals surface area contributed by atoms with Crippen molar-refractivity contribution in [2.75, 3.05) is 19.3 Å². The van der Waals surface area contributed by atoms with E-state index in [0.717, 1.165) is 11.0 Å². The van der Waals surface area contributed by atoms with E-state index in [4.69, 9.17) is 26.6 Å². The van der Waals surface area contributed by atoms with Gasteiger partial charge >= 0.3 is 7.12 Å². The van der Waals surface area contributed by atoms with E-state index >= 15 is 0 Å². The highest BCUT2D eigenvalue weighted by Crippen LogP contribution is 2.39. The van der Waals surface area contributed by atoms with Crippen molar-refractivity contribution in [1.82, 2.24) is 5.32 Å². The minimum Gasteiger partial charge on any atom is -0.400 e. The van der Waals surface area contributed by atoms with Crippen molar-refractivity contribution in [3.8, 4) is 0 Å². The largest absolute Gasteiger partial charge is 0.491 e. The molecule has 1 heterocycles. The summed E-state index contributed by atoms with van der Waals surface area (Å²) in [7, 11) is 1.48. The van der Waals surface area contributed by atoms with Crippen LogP contribution in [-0.4, -0.2) is 31.9 Å². The molecule has 2 rings (SSSR count). The molecule has 1 saturated heterocycles. The Bertz CT molecular complexity index is 572. The predicted molar refractivity (Wildman–Crippen MR) is 93.9 cm³/mol. The molecule has 120 valence electrons. The van der Waals surface area contributed by atoms with Crippen LogP contribution in [-0.2, 0) is 9.31 Å². The summed E-state index contributed by atoms with van der Waals surface area (Å²) in [5.41, 5.74) is 7.82. The second kappa shape index (κ2) is 6.24. The number of nitrogens with two attached hydrogens (primary N) is 1. The van der Waals surface area contributed by atoms with Gasteiger partial charge in [-0.25, -0.2) is 0 Å². The molecule has 0 amide bonds. The summed E-state index contributed by atoms with van der Waals surface area (Å²) in [6.45, 7) is 8.80. The number of rotatable bonds is 4. The molecule has 0 saturated carbocycles. The first-order valence-electron chi connectivity index (χ1n) is 7.42. The normalized spacial score (nSPS) is 20.5. The average Bonchev–Trinajstić information content (AvgIpc) is 2.62. The zero-order valence-electron chi connectivity index (χ0n) is 13.9. The van der Waals surface area contributed by atoms with E-state index in [9.17, 15) is 0 Å². The Morgan fingerprint density at radius 1 is 1.27 bits per heavy atom. The second-order valence-corrected chi connectivity index (χ2v) is 7.05. The van der Waals surface area contributed by atoms with Crippen LogP contribution in [0.15, 0.2) is 23.7 Å². The van der Waals surface area contributed by atoms with Gasteiger partial charge in [0.05, 0.1) is 11.2 Å². The standard InChI is InChI=1S/C16H24BClN2O2/c1-15(2)16(3,4)22-17(21-15)12(10-20-5)8-11-9-13(18)6-7-14(11)19/h6-9,20H,10,19H2,1-5H3. The highest BCUT2D eigenvalue weighted by molar-refractivity contribution is 6.56. The van der Waals surface area contributed by atoms with Crippen LogP contribution in [0.5, 0.6) is 0 Å². The summed E-state index contributed by atoms with van der Waals surface area (Å²) in [6, 6.07) is 5.42. The number of hydrogen-bond donors (Lipinski definition) is 2. The topological polar surface area (TPSA) is 56.5 Å². The summed E-state index contributed by atoms with van der Waals surface area (Å²) < 4.78 is 12.2. The molecule has 0 bridgehead atoms. The van der Waals surface area contributed by atoms with Gasteiger partial charge in [0.1, 0.15) is 0 Å². The van der Waals surface area contributed by atoms with Crippen LogP contribution in [0.25, 0.3) is 6.08 Å². The Labute approximate surface area is 138 Å². The fourth-order valence-corrected chi connectivity index (χ4v) is 2.45. The number of anilines is 1. The van der Waals surface area contributed by atoms with Crippen LogP contribution in [0.3, 0.4) is 0 Å². The van der Waals surface area contributed by atoms with Gasteiger partial charge in [-0.05, 0) is 64.0 Å². The van der Waals surface area contributed by atoms with Crippen LogP contribution in [0.4, 0.5) is 5.69 Å². The monoisotopic (exact) mass is 322 g/mol. The zero-order valence-corrected chi connectivity index (χ0v) is 14.6. The Balaban J connectivity index is 2.35. The van der Waals surface area contributed by atoms with E-state index in [1.165, 1.54) is 0 Å². The Hall–Kier alpha value is -1.01. The first kappa shape index (κ1) is 17.4. The first-order valence-corrected chi connectivity index (χ1v) is 7.80. The van der Waals surface area contributed by atoms with Crippen molar-refractivity contribution in [3.63, 3.8) is 0 Å². The van der Waals surface area contributed by atoms with Gasteiger partial charge in [-0.1, -0.05) is 17.7 Å². The molecule has 3 N–H and O–H groups in total. The van der Waals surface area contributed by atoms with Crippen molar-refractivity contribution in [2.24, 2.45) is 0 Å². The van der Waals surface area contributed by atoms with Crippen molar-refractivity contribution in [3.05, 3.63) is 34.3 Å². The molecule has 0 atom stereocenters. The molecular formula is C16H24BClN2O2. The average molecular weight is 323 g/mol. The Morgan fingerprint density at radius 3 is 2.41 bits per heavy atom. The predicted octanol–water partition coefficient (Wildman–Crippen LogP) is 3.16. The van der Waals surface area contributed by atoms with E-state index in [0.29, 0.717) is 17.3 Å². The van der Waals surface area contributed by atoms with Crippen LogP contribution < -0.4 is 11.1 Å². The summed E-state index contributed by atoms with van der Waals surface area (Å²) in [5, 5.41) is 3.80.